The summed E-state index contributed by atoms with van der Waals surface area (Å²) in [6.45, 7) is 1.70. The van der Waals surface area contributed by atoms with Crippen LogP contribution < -0.4 is 5.56 Å². The molecule has 2 rings (SSSR count). The first-order valence-corrected chi connectivity index (χ1v) is 5.30. The number of aromatic amines is 1. The minimum Gasteiger partial charge on any atom is -0.390 e. The molecule has 0 fully saturated rings. The Kier molecular flexibility index (Phi) is 2.61. The van der Waals surface area contributed by atoms with Gasteiger partial charge in [0.25, 0.3) is 5.56 Å². The Bertz CT molecular complexity index is 456. The van der Waals surface area contributed by atoms with Gasteiger partial charge in [0.15, 0.2) is 0 Å². The van der Waals surface area contributed by atoms with Gasteiger partial charge in [-0.2, -0.15) is 0 Å². The van der Waals surface area contributed by atoms with Gasteiger partial charge in [-0.15, -0.1) is 0 Å². The lowest BCUT2D eigenvalue weighted by atomic mass is 9.75. The van der Waals surface area contributed by atoms with E-state index in [0.717, 1.165) is 0 Å². The number of fused-ring (bicyclic) bond motifs is 1. The van der Waals surface area contributed by atoms with Gasteiger partial charge in [0, 0.05) is 18.2 Å². The lowest BCUT2D eigenvalue weighted by Crippen LogP contribution is -2.52. The van der Waals surface area contributed by atoms with Crippen molar-refractivity contribution in [1.29, 1.82) is 0 Å². The van der Waals surface area contributed by atoms with Crippen LogP contribution in [0.1, 0.15) is 24.5 Å². The van der Waals surface area contributed by atoms with E-state index in [1.54, 1.807) is 13.0 Å². The molecule has 0 amide bonds. The van der Waals surface area contributed by atoms with E-state index in [9.17, 15) is 20.1 Å². The van der Waals surface area contributed by atoms with Crippen LogP contribution in [-0.4, -0.2) is 32.5 Å². The lowest BCUT2D eigenvalue weighted by Gasteiger charge is -2.40. The van der Waals surface area contributed by atoms with E-state index >= 15 is 0 Å². The maximum absolute atomic E-state index is 11.6. The summed E-state index contributed by atoms with van der Waals surface area (Å²) in [7, 11) is 0. The fraction of sp³-hybridized carbons (Fsp3) is 0.545. The van der Waals surface area contributed by atoms with Crippen molar-refractivity contribution in [3.8, 4) is 0 Å². The molecule has 0 aromatic carbocycles. The minimum absolute atomic E-state index is 0.0645. The molecule has 0 aliphatic heterocycles. The fourth-order valence-electron chi connectivity index (χ4n) is 2.32. The average Bonchev–Trinajstić information content (AvgIpc) is 2.28. The number of aliphatic hydroxyl groups is 3. The molecule has 0 spiro atoms. The third-order valence-electron chi connectivity index (χ3n) is 3.34. The van der Waals surface area contributed by atoms with Crippen LogP contribution in [0.2, 0.25) is 0 Å². The quantitative estimate of drug-likeness (QED) is 0.506. The van der Waals surface area contributed by atoms with Crippen molar-refractivity contribution in [2.24, 2.45) is 0 Å². The van der Waals surface area contributed by atoms with Gasteiger partial charge < -0.3 is 20.3 Å². The van der Waals surface area contributed by atoms with Crippen LogP contribution in [0.4, 0.5) is 0 Å². The Labute approximate surface area is 92.4 Å². The van der Waals surface area contributed by atoms with Gasteiger partial charge >= 0.3 is 0 Å². The predicted octanol–water partition coefficient (Wildman–Crippen LogP) is -0.750. The Morgan fingerprint density at radius 2 is 2.25 bits per heavy atom. The molecule has 1 aromatic rings. The van der Waals surface area contributed by atoms with Crippen LogP contribution in [0.25, 0.3) is 0 Å². The van der Waals surface area contributed by atoms with Crippen molar-refractivity contribution in [3.63, 3.8) is 0 Å². The largest absolute Gasteiger partial charge is 0.390 e. The number of pyridine rings is 1. The summed E-state index contributed by atoms with van der Waals surface area (Å²) in [6, 6.07) is 1.58. The van der Waals surface area contributed by atoms with E-state index in [0.29, 0.717) is 11.1 Å². The highest BCUT2D eigenvalue weighted by molar-refractivity contribution is 5.35. The molecule has 1 aliphatic carbocycles. The topological polar surface area (TPSA) is 93.5 Å². The standard InChI is InChI=1S/C11H15NO4/c1-2-11(16)7-3-4-12-10(15)6(7)5-8(13)9(11)14/h3-4,8-9,13-14,16H,2,5H2,1H3,(H,12,15)/t8-,9+,11+/m1/s1. The van der Waals surface area contributed by atoms with Crippen molar-refractivity contribution in [2.45, 2.75) is 37.6 Å². The molecule has 4 N–H and O–H groups in total. The Morgan fingerprint density at radius 1 is 1.56 bits per heavy atom. The van der Waals surface area contributed by atoms with E-state index in [1.807, 2.05) is 0 Å². The van der Waals surface area contributed by atoms with Crippen LogP contribution in [0.3, 0.4) is 0 Å². The number of hydrogen-bond acceptors (Lipinski definition) is 4. The maximum atomic E-state index is 11.6. The van der Waals surface area contributed by atoms with E-state index in [1.165, 1.54) is 6.20 Å². The summed E-state index contributed by atoms with van der Waals surface area (Å²) < 4.78 is 0. The summed E-state index contributed by atoms with van der Waals surface area (Å²) in [6.07, 6.45) is -0.629. The highest BCUT2D eigenvalue weighted by atomic mass is 16.4. The van der Waals surface area contributed by atoms with Crippen LogP contribution in [0.5, 0.6) is 0 Å². The minimum atomic E-state index is -1.54. The first-order chi connectivity index (χ1) is 7.50. The predicted molar refractivity (Wildman–Crippen MR) is 57.0 cm³/mol. The molecule has 0 saturated heterocycles. The zero-order valence-electron chi connectivity index (χ0n) is 8.97. The molecule has 5 heteroatoms. The number of aromatic nitrogens is 1. The molecule has 16 heavy (non-hydrogen) atoms. The summed E-state index contributed by atoms with van der Waals surface area (Å²) in [4.78, 5) is 14.1. The zero-order valence-corrected chi connectivity index (χ0v) is 8.97. The summed E-state index contributed by atoms with van der Waals surface area (Å²) in [5, 5.41) is 29.8. The summed E-state index contributed by atoms with van der Waals surface area (Å²) >= 11 is 0. The van der Waals surface area contributed by atoms with Gasteiger partial charge in [-0.3, -0.25) is 4.79 Å². The number of rotatable bonds is 1. The zero-order chi connectivity index (χ0) is 11.9. The summed E-state index contributed by atoms with van der Waals surface area (Å²) in [5.41, 5.74) is -1.10. The van der Waals surface area contributed by atoms with Gasteiger partial charge in [-0.25, -0.2) is 0 Å². The highest BCUT2D eigenvalue weighted by Gasteiger charge is 2.46. The number of aliphatic hydroxyl groups excluding tert-OH is 2. The van der Waals surface area contributed by atoms with Crippen LogP contribution >= 0.6 is 0 Å². The molecule has 5 nitrogen and oxygen atoms in total. The number of H-pyrrole nitrogens is 1. The second kappa shape index (κ2) is 3.69. The molecule has 1 aliphatic rings. The molecule has 1 aromatic heterocycles. The van der Waals surface area contributed by atoms with Gasteiger partial charge in [0.05, 0.1) is 6.10 Å². The van der Waals surface area contributed by atoms with Crippen molar-refractivity contribution in [1.82, 2.24) is 4.98 Å². The fourth-order valence-corrected chi connectivity index (χ4v) is 2.32. The molecule has 0 bridgehead atoms. The van der Waals surface area contributed by atoms with Gasteiger partial charge in [0.1, 0.15) is 11.7 Å². The van der Waals surface area contributed by atoms with Crippen molar-refractivity contribution in [2.75, 3.05) is 0 Å². The third kappa shape index (κ3) is 1.40. The Balaban J connectivity index is 2.66. The molecule has 0 unspecified atom stereocenters. The molecular weight excluding hydrogens is 210 g/mol. The molecule has 88 valence electrons. The maximum Gasteiger partial charge on any atom is 0.251 e. The van der Waals surface area contributed by atoms with Crippen LogP contribution in [-0.2, 0) is 12.0 Å². The SMILES string of the molecule is CC[C@]1(O)c2cc[nH]c(=O)c2C[C@@H](O)[C@@H]1O. The third-order valence-corrected chi connectivity index (χ3v) is 3.34. The smallest absolute Gasteiger partial charge is 0.251 e. The highest BCUT2D eigenvalue weighted by Crippen LogP contribution is 2.36. The van der Waals surface area contributed by atoms with Gasteiger partial charge in [-0.05, 0) is 18.1 Å². The molecule has 0 saturated carbocycles. The van der Waals surface area contributed by atoms with Crippen molar-refractivity contribution >= 4 is 0 Å². The second-order valence-electron chi connectivity index (χ2n) is 4.19. The van der Waals surface area contributed by atoms with Gasteiger partial charge in [0.2, 0.25) is 0 Å². The first kappa shape index (κ1) is 11.3. The van der Waals surface area contributed by atoms with E-state index in [2.05, 4.69) is 4.98 Å². The molecular formula is C11H15NO4. The van der Waals surface area contributed by atoms with Crippen molar-refractivity contribution in [3.05, 3.63) is 33.7 Å². The molecule has 0 radical (unpaired) electrons. The monoisotopic (exact) mass is 225 g/mol. The number of hydrogen-bond donors (Lipinski definition) is 4. The average molecular weight is 225 g/mol. The lowest BCUT2D eigenvalue weighted by molar-refractivity contribution is -0.140. The number of nitrogens with one attached hydrogen (secondary N) is 1. The first-order valence-electron chi connectivity index (χ1n) is 5.30. The normalized spacial score (nSPS) is 33.5. The Morgan fingerprint density at radius 3 is 2.88 bits per heavy atom. The second-order valence-corrected chi connectivity index (χ2v) is 4.19. The molecule has 1 heterocycles. The van der Waals surface area contributed by atoms with Gasteiger partial charge in [-0.1, -0.05) is 6.92 Å². The summed E-state index contributed by atoms with van der Waals surface area (Å²) in [5.74, 6) is 0. The van der Waals surface area contributed by atoms with Crippen LogP contribution in [0.15, 0.2) is 17.1 Å². The van der Waals surface area contributed by atoms with Crippen molar-refractivity contribution < 1.29 is 15.3 Å². The van der Waals surface area contributed by atoms with Crippen LogP contribution in [0, 0.1) is 0 Å². The van der Waals surface area contributed by atoms with E-state index < -0.39 is 17.8 Å². The van der Waals surface area contributed by atoms with E-state index in [4.69, 9.17) is 0 Å². The van der Waals surface area contributed by atoms with E-state index in [-0.39, 0.29) is 18.4 Å². The molecule has 3 atom stereocenters. The Hall–Kier alpha value is -1.17.